The summed E-state index contributed by atoms with van der Waals surface area (Å²) in [6, 6.07) is 7.02. The van der Waals surface area contributed by atoms with E-state index in [1.807, 2.05) is 19.2 Å². The van der Waals surface area contributed by atoms with Crippen molar-refractivity contribution in [2.45, 2.75) is 19.4 Å². The molecule has 0 heterocycles. The van der Waals surface area contributed by atoms with Crippen LogP contribution in [0.1, 0.15) is 24.9 Å². The Morgan fingerprint density at radius 3 is 2.63 bits per heavy atom. The first-order valence-corrected chi connectivity index (χ1v) is 6.85. The van der Waals surface area contributed by atoms with E-state index >= 15 is 0 Å². The van der Waals surface area contributed by atoms with Gasteiger partial charge in [-0.25, -0.2) is 4.39 Å². The Labute approximate surface area is 115 Å². The summed E-state index contributed by atoms with van der Waals surface area (Å²) in [5.41, 5.74) is 0.743. The van der Waals surface area contributed by atoms with Crippen molar-refractivity contribution in [2.75, 3.05) is 40.4 Å². The summed E-state index contributed by atoms with van der Waals surface area (Å²) in [6.07, 6.45) is 0.884. The second-order valence-electron chi connectivity index (χ2n) is 4.58. The third-order valence-electron chi connectivity index (χ3n) is 3.42. The van der Waals surface area contributed by atoms with Gasteiger partial charge >= 0.3 is 0 Å². The van der Waals surface area contributed by atoms with E-state index in [4.69, 9.17) is 4.74 Å². The van der Waals surface area contributed by atoms with Crippen LogP contribution < -0.4 is 5.32 Å². The van der Waals surface area contributed by atoms with Crippen LogP contribution in [-0.2, 0) is 4.74 Å². The lowest BCUT2D eigenvalue weighted by molar-refractivity contribution is 0.148. The molecular weight excluding hydrogens is 243 g/mol. The summed E-state index contributed by atoms with van der Waals surface area (Å²) in [4.78, 5) is 2.31. The first kappa shape index (κ1) is 16.1. The molecule has 0 saturated heterocycles. The molecule has 4 heteroatoms. The zero-order valence-corrected chi connectivity index (χ0v) is 12.2. The summed E-state index contributed by atoms with van der Waals surface area (Å²) in [5.74, 6) is -0.137. The number of hydrogen-bond donors (Lipinski definition) is 1. The van der Waals surface area contributed by atoms with Gasteiger partial charge in [-0.1, -0.05) is 25.1 Å². The smallest absolute Gasteiger partial charge is 0.127 e. The van der Waals surface area contributed by atoms with Crippen molar-refractivity contribution in [1.29, 1.82) is 0 Å². The van der Waals surface area contributed by atoms with Gasteiger partial charge in [0.25, 0.3) is 0 Å². The van der Waals surface area contributed by atoms with E-state index in [-0.39, 0.29) is 11.9 Å². The molecular formula is C15H25FN2O. The predicted molar refractivity (Wildman–Crippen MR) is 76.8 cm³/mol. The molecule has 0 spiro atoms. The molecule has 1 aromatic rings. The number of benzene rings is 1. The fourth-order valence-electron chi connectivity index (χ4n) is 2.17. The van der Waals surface area contributed by atoms with Crippen LogP contribution in [0, 0.1) is 5.82 Å². The van der Waals surface area contributed by atoms with Gasteiger partial charge in [0.2, 0.25) is 0 Å². The average Bonchev–Trinajstić information content (AvgIpc) is 2.44. The monoisotopic (exact) mass is 268 g/mol. The Morgan fingerprint density at radius 2 is 2.05 bits per heavy atom. The van der Waals surface area contributed by atoms with Crippen LogP contribution in [0.5, 0.6) is 0 Å². The van der Waals surface area contributed by atoms with Crippen LogP contribution in [0.4, 0.5) is 4.39 Å². The first-order chi connectivity index (χ1) is 9.22. The molecule has 0 aliphatic rings. The maximum absolute atomic E-state index is 13.8. The van der Waals surface area contributed by atoms with Gasteiger partial charge in [0.15, 0.2) is 0 Å². The molecule has 0 saturated carbocycles. The van der Waals surface area contributed by atoms with Crippen molar-refractivity contribution < 1.29 is 9.13 Å². The molecule has 0 radical (unpaired) electrons. The van der Waals surface area contributed by atoms with Gasteiger partial charge in [-0.05, 0) is 26.1 Å². The highest BCUT2D eigenvalue weighted by Gasteiger charge is 2.14. The molecule has 0 aliphatic heterocycles. The van der Waals surface area contributed by atoms with Gasteiger partial charge in [-0.15, -0.1) is 0 Å². The Hall–Kier alpha value is -0.970. The Balaban J connectivity index is 2.55. The van der Waals surface area contributed by atoms with E-state index < -0.39 is 0 Å². The minimum Gasteiger partial charge on any atom is -0.383 e. The van der Waals surface area contributed by atoms with E-state index in [1.54, 1.807) is 13.2 Å². The maximum Gasteiger partial charge on any atom is 0.127 e. The van der Waals surface area contributed by atoms with Crippen molar-refractivity contribution >= 4 is 0 Å². The Kier molecular flexibility index (Phi) is 7.63. The number of nitrogens with one attached hydrogen (secondary N) is 1. The molecule has 108 valence electrons. The van der Waals surface area contributed by atoms with E-state index in [1.165, 1.54) is 6.07 Å². The molecule has 1 rings (SSSR count). The summed E-state index contributed by atoms with van der Waals surface area (Å²) in [6.45, 7) is 5.70. The molecule has 0 aromatic heterocycles. The fourth-order valence-corrected chi connectivity index (χ4v) is 2.17. The van der Waals surface area contributed by atoms with Crippen molar-refractivity contribution in [3.63, 3.8) is 0 Å². The van der Waals surface area contributed by atoms with Crippen molar-refractivity contribution in [1.82, 2.24) is 10.2 Å². The Morgan fingerprint density at radius 1 is 1.32 bits per heavy atom. The highest BCUT2D eigenvalue weighted by atomic mass is 19.1. The zero-order valence-electron chi connectivity index (χ0n) is 12.2. The lowest BCUT2D eigenvalue weighted by Gasteiger charge is -2.24. The molecule has 1 N–H and O–H groups in total. The maximum atomic E-state index is 13.8. The third-order valence-corrected chi connectivity index (χ3v) is 3.42. The molecule has 3 nitrogen and oxygen atoms in total. The summed E-state index contributed by atoms with van der Waals surface area (Å²) < 4.78 is 18.9. The third kappa shape index (κ3) is 5.27. The number of hydrogen-bond acceptors (Lipinski definition) is 3. The van der Waals surface area contributed by atoms with Crippen LogP contribution in [0.25, 0.3) is 0 Å². The number of ether oxygens (including phenoxy) is 1. The van der Waals surface area contributed by atoms with Crippen LogP contribution in [0.3, 0.4) is 0 Å². The van der Waals surface area contributed by atoms with Gasteiger partial charge in [0.05, 0.1) is 6.61 Å². The molecule has 1 atom stereocenters. The minimum absolute atomic E-state index is 0.0535. The molecule has 1 aromatic carbocycles. The number of rotatable bonds is 9. The van der Waals surface area contributed by atoms with Crippen LogP contribution in [0.2, 0.25) is 0 Å². The molecule has 0 amide bonds. The largest absolute Gasteiger partial charge is 0.383 e. The van der Waals surface area contributed by atoms with Crippen LogP contribution in [0.15, 0.2) is 24.3 Å². The lowest BCUT2D eigenvalue weighted by atomic mass is 10.0. The second kappa shape index (κ2) is 9.02. The van der Waals surface area contributed by atoms with Crippen molar-refractivity contribution in [2.24, 2.45) is 0 Å². The Bertz CT molecular complexity index is 360. The number of halogens is 1. The van der Waals surface area contributed by atoms with E-state index in [2.05, 4.69) is 17.1 Å². The van der Waals surface area contributed by atoms with Crippen molar-refractivity contribution in [3.8, 4) is 0 Å². The van der Waals surface area contributed by atoms with Gasteiger partial charge in [0.1, 0.15) is 5.82 Å². The van der Waals surface area contributed by atoms with E-state index in [9.17, 15) is 4.39 Å². The van der Waals surface area contributed by atoms with Gasteiger partial charge in [-0.3, -0.25) is 0 Å². The number of likely N-dealkylation sites (N-methyl/N-ethyl adjacent to an activating group) is 1. The quantitative estimate of drug-likeness (QED) is 0.744. The standard InChI is InChI=1S/C15H25FN2O/c1-4-18(11-12-19-3)10-9-15(17-2)13-7-5-6-8-14(13)16/h5-8,15,17H,4,9-12H2,1-3H3. The fraction of sp³-hybridized carbons (Fsp3) is 0.600. The first-order valence-electron chi connectivity index (χ1n) is 6.85. The normalized spacial score (nSPS) is 12.9. The number of nitrogens with zero attached hydrogens (tertiary/aromatic N) is 1. The van der Waals surface area contributed by atoms with Crippen molar-refractivity contribution in [3.05, 3.63) is 35.6 Å². The predicted octanol–water partition coefficient (Wildman–Crippen LogP) is 2.44. The van der Waals surface area contributed by atoms with Gasteiger partial charge in [-0.2, -0.15) is 0 Å². The van der Waals surface area contributed by atoms with E-state index in [0.29, 0.717) is 0 Å². The molecule has 0 aliphatic carbocycles. The molecule has 0 bridgehead atoms. The molecule has 0 fully saturated rings. The van der Waals surface area contributed by atoms with E-state index in [0.717, 1.165) is 38.2 Å². The summed E-state index contributed by atoms with van der Waals surface area (Å²) in [5, 5.41) is 3.20. The average molecular weight is 268 g/mol. The highest BCUT2D eigenvalue weighted by molar-refractivity contribution is 5.21. The number of methoxy groups -OCH3 is 1. The van der Waals surface area contributed by atoms with Gasteiger partial charge < -0.3 is 15.0 Å². The zero-order chi connectivity index (χ0) is 14.1. The second-order valence-corrected chi connectivity index (χ2v) is 4.58. The minimum atomic E-state index is -0.137. The van der Waals surface area contributed by atoms with Crippen LogP contribution >= 0.6 is 0 Å². The molecule has 19 heavy (non-hydrogen) atoms. The topological polar surface area (TPSA) is 24.5 Å². The highest BCUT2D eigenvalue weighted by Crippen LogP contribution is 2.19. The molecule has 1 unspecified atom stereocenters. The summed E-state index contributed by atoms with van der Waals surface area (Å²) in [7, 11) is 3.59. The van der Waals surface area contributed by atoms with Gasteiger partial charge in [0, 0.05) is 31.8 Å². The summed E-state index contributed by atoms with van der Waals surface area (Å²) >= 11 is 0. The lowest BCUT2D eigenvalue weighted by Crippen LogP contribution is -2.31. The SMILES string of the molecule is CCN(CCOC)CCC(NC)c1ccccc1F. The van der Waals surface area contributed by atoms with Crippen LogP contribution in [-0.4, -0.2) is 45.3 Å².